The van der Waals surface area contributed by atoms with Crippen LogP contribution in [0.2, 0.25) is 0 Å². The minimum atomic E-state index is 0. The molecule has 166 valence electrons. The molecule has 0 amide bonds. The van der Waals surface area contributed by atoms with E-state index in [4.69, 9.17) is 9.47 Å². The Kier molecular flexibility index (Phi) is 10.2. The van der Waals surface area contributed by atoms with E-state index in [1.54, 1.807) is 14.2 Å². The van der Waals surface area contributed by atoms with Crippen LogP contribution in [0.15, 0.2) is 40.7 Å². The van der Waals surface area contributed by atoms with Crippen LogP contribution in [0.1, 0.15) is 29.3 Å². The number of piperidine rings is 1. The Labute approximate surface area is 201 Å². The number of hydrogen-bond acceptors (Lipinski definition) is 5. The van der Waals surface area contributed by atoms with Crippen LogP contribution in [0.5, 0.6) is 11.5 Å². The van der Waals surface area contributed by atoms with Crippen molar-refractivity contribution < 1.29 is 9.47 Å². The van der Waals surface area contributed by atoms with Gasteiger partial charge in [0.25, 0.3) is 0 Å². The zero-order chi connectivity index (χ0) is 20.6. The monoisotopic (exact) mass is 544 g/mol. The molecule has 0 spiro atoms. The maximum absolute atomic E-state index is 5.49. The Morgan fingerprint density at radius 1 is 1.23 bits per heavy atom. The molecule has 2 unspecified atom stereocenters. The van der Waals surface area contributed by atoms with Gasteiger partial charge in [0, 0.05) is 42.7 Å². The van der Waals surface area contributed by atoms with Gasteiger partial charge in [0.1, 0.15) is 11.5 Å². The van der Waals surface area contributed by atoms with Crippen molar-refractivity contribution >= 4 is 41.3 Å². The predicted octanol–water partition coefficient (Wildman–Crippen LogP) is 4.13. The molecule has 1 aliphatic heterocycles. The minimum Gasteiger partial charge on any atom is -0.497 e. The van der Waals surface area contributed by atoms with Crippen molar-refractivity contribution in [1.29, 1.82) is 0 Å². The second-order valence-electron chi connectivity index (χ2n) is 7.33. The average Bonchev–Trinajstić information content (AvgIpc) is 3.28. The quantitative estimate of drug-likeness (QED) is 0.312. The third-order valence-corrected chi connectivity index (χ3v) is 6.48. The first kappa shape index (κ1) is 24.7. The molecule has 6 nitrogen and oxygen atoms in total. The van der Waals surface area contributed by atoms with Gasteiger partial charge in [0.05, 0.1) is 14.2 Å². The molecule has 0 aliphatic carbocycles. The highest BCUT2D eigenvalue weighted by atomic mass is 127. The van der Waals surface area contributed by atoms with Crippen LogP contribution in [0.3, 0.4) is 0 Å². The Balaban J connectivity index is 0.00000320. The van der Waals surface area contributed by atoms with Gasteiger partial charge in [-0.15, -0.1) is 35.3 Å². The second-order valence-corrected chi connectivity index (χ2v) is 8.31. The molecule has 0 radical (unpaired) electrons. The molecule has 0 bridgehead atoms. The molecular formula is C22H33IN4O2S. The standard InChI is InChI=1S/C22H32N4O2S.HI/c1-23-22(24-14-16-9-10-18(27-3)13-19(16)28-4)25-15-17-7-5-11-26(2)21(17)20-8-6-12-29-20;/h6,8-10,12-13,17,21H,5,7,11,14-15H2,1-4H3,(H2,23,24,25);1H. The van der Waals surface area contributed by atoms with Gasteiger partial charge in [-0.25, -0.2) is 0 Å². The molecule has 30 heavy (non-hydrogen) atoms. The van der Waals surface area contributed by atoms with Crippen LogP contribution in [-0.2, 0) is 6.54 Å². The highest BCUT2D eigenvalue weighted by molar-refractivity contribution is 14.0. The summed E-state index contributed by atoms with van der Waals surface area (Å²) in [5.41, 5.74) is 1.06. The molecule has 0 saturated carbocycles. The highest BCUT2D eigenvalue weighted by Crippen LogP contribution is 2.36. The zero-order valence-corrected chi connectivity index (χ0v) is 21.3. The van der Waals surface area contributed by atoms with Crippen molar-refractivity contribution in [2.75, 3.05) is 41.4 Å². The van der Waals surface area contributed by atoms with Crippen molar-refractivity contribution in [2.45, 2.75) is 25.4 Å². The number of nitrogens with zero attached hydrogens (tertiary/aromatic N) is 2. The summed E-state index contributed by atoms with van der Waals surface area (Å²) in [7, 11) is 7.38. The Hall–Kier alpha value is -1.52. The maximum atomic E-state index is 5.49. The van der Waals surface area contributed by atoms with Crippen molar-refractivity contribution in [3.05, 3.63) is 46.2 Å². The number of nitrogens with one attached hydrogen (secondary N) is 2. The molecule has 3 rings (SSSR count). The number of halogens is 1. The fourth-order valence-electron chi connectivity index (χ4n) is 4.01. The average molecular weight is 545 g/mol. The van der Waals surface area contributed by atoms with E-state index >= 15 is 0 Å². The summed E-state index contributed by atoms with van der Waals surface area (Å²) in [6.07, 6.45) is 2.46. The minimum absolute atomic E-state index is 0. The third kappa shape index (κ3) is 6.24. The van der Waals surface area contributed by atoms with E-state index < -0.39 is 0 Å². The molecule has 2 N–H and O–H groups in total. The summed E-state index contributed by atoms with van der Waals surface area (Å²) >= 11 is 1.85. The lowest BCUT2D eigenvalue weighted by Gasteiger charge is -2.39. The summed E-state index contributed by atoms with van der Waals surface area (Å²) in [5.74, 6) is 2.95. The number of benzene rings is 1. The maximum Gasteiger partial charge on any atom is 0.191 e. The van der Waals surface area contributed by atoms with E-state index in [0.29, 0.717) is 18.5 Å². The van der Waals surface area contributed by atoms with Crippen molar-refractivity contribution in [3.8, 4) is 11.5 Å². The van der Waals surface area contributed by atoms with Gasteiger partial charge in [0.2, 0.25) is 0 Å². The number of hydrogen-bond donors (Lipinski definition) is 2. The summed E-state index contributed by atoms with van der Waals surface area (Å²) in [4.78, 5) is 8.34. The Morgan fingerprint density at radius 2 is 2.07 bits per heavy atom. The van der Waals surface area contributed by atoms with Crippen LogP contribution in [-0.4, -0.2) is 52.3 Å². The lowest BCUT2D eigenvalue weighted by molar-refractivity contribution is 0.125. The molecule has 1 fully saturated rings. The first-order valence-electron chi connectivity index (χ1n) is 10.0. The number of aliphatic imine (C=N–C) groups is 1. The summed E-state index contributed by atoms with van der Waals surface area (Å²) in [6, 6.07) is 10.7. The number of ether oxygens (including phenoxy) is 2. The van der Waals surface area contributed by atoms with Gasteiger partial charge in [-0.3, -0.25) is 9.89 Å². The van der Waals surface area contributed by atoms with Crippen LogP contribution in [0, 0.1) is 5.92 Å². The number of likely N-dealkylation sites (tertiary alicyclic amines) is 1. The van der Waals surface area contributed by atoms with Crippen molar-refractivity contribution in [3.63, 3.8) is 0 Å². The number of guanidine groups is 1. The normalized spacial score (nSPS) is 19.7. The molecule has 1 aromatic carbocycles. The number of rotatable bonds is 7. The van der Waals surface area contributed by atoms with Gasteiger partial charge >= 0.3 is 0 Å². The smallest absolute Gasteiger partial charge is 0.191 e. The zero-order valence-electron chi connectivity index (χ0n) is 18.2. The van der Waals surface area contributed by atoms with Gasteiger partial charge in [-0.2, -0.15) is 0 Å². The first-order chi connectivity index (χ1) is 14.2. The van der Waals surface area contributed by atoms with E-state index in [1.165, 1.54) is 17.7 Å². The van der Waals surface area contributed by atoms with E-state index in [0.717, 1.165) is 36.1 Å². The Morgan fingerprint density at radius 3 is 2.73 bits per heavy atom. The van der Waals surface area contributed by atoms with Crippen LogP contribution in [0.4, 0.5) is 0 Å². The molecule has 1 saturated heterocycles. The van der Waals surface area contributed by atoms with E-state index in [9.17, 15) is 0 Å². The lowest BCUT2D eigenvalue weighted by atomic mass is 9.88. The van der Waals surface area contributed by atoms with Crippen LogP contribution >= 0.6 is 35.3 Å². The van der Waals surface area contributed by atoms with Crippen molar-refractivity contribution in [1.82, 2.24) is 15.5 Å². The Bertz CT molecular complexity index is 800. The van der Waals surface area contributed by atoms with Crippen molar-refractivity contribution in [2.24, 2.45) is 10.9 Å². The van der Waals surface area contributed by atoms with Crippen LogP contribution in [0.25, 0.3) is 0 Å². The third-order valence-electron chi connectivity index (χ3n) is 5.54. The topological polar surface area (TPSA) is 58.1 Å². The fourth-order valence-corrected chi connectivity index (χ4v) is 4.99. The molecule has 2 aromatic rings. The van der Waals surface area contributed by atoms with Crippen LogP contribution < -0.4 is 20.1 Å². The molecule has 2 heterocycles. The van der Waals surface area contributed by atoms with E-state index in [2.05, 4.69) is 45.1 Å². The summed E-state index contributed by atoms with van der Waals surface area (Å²) in [6.45, 7) is 2.68. The molecule has 1 aromatic heterocycles. The first-order valence-corrected chi connectivity index (χ1v) is 10.9. The van der Waals surface area contributed by atoms with Gasteiger partial charge in [-0.05, 0) is 55.9 Å². The molecular weight excluding hydrogens is 511 g/mol. The van der Waals surface area contributed by atoms with E-state index in [-0.39, 0.29) is 24.0 Å². The SMILES string of the molecule is CN=C(NCc1ccc(OC)cc1OC)NCC1CCCN(C)C1c1cccs1.I. The fraction of sp³-hybridized carbons (Fsp3) is 0.500. The number of methoxy groups -OCH3 is 2. The van der Waals surface area contributed by atoms with Gasteiger partial charge in [-0.1, -0.05) is 6.07 Å². The summed E-state index contributed by atoms with van der Waals surface area (Å²) in [5, 5.41) is 9.11. The molecule has 2 atom stereocenters. The summed E-state index contributed by atoms with van der Waals surface area (Å²) < 4.78 is 10.8. The second kappa shape index (κ2) is 12.4. The van der Waals surface area contributed by atoms with E-state index in [1.807, 2.05) is 36.6 Å². The largest absolute Gasteiger partial charge is 0.497 e. The van der Waals surface area contributed by atoms with Gasteiger partial charge < -0.3 is 20.1 Å². The number of thiophene rings is 1. The molecule has 1 aliphatic rings. The predicted molar refractivity (Wildman–Crippen MR) is 136 cm³/mol. The highest BCUT2D eigenvalue weighted by Gasteiger charge is 2.31. The lowest BCUT2D eigenvalue weighted by Crippen LogP contribution is -2.44. The molecule has 8 heteroatoms. The van der Waals surface area contributed by atoms with Gasteiger partial charge in [0.15, 0.2) is 5.96 Å².